The summed E-state index contributed by atoms with van der Waals surface area (Å²) >= 11 is 0. The van der Waals surface area contributed by atoms with Gasteiger partial charge in [-0.25, -0.2) is 8.42 Å². The van der Waals surface area contributed by atoms with E-state index in [2.05, 4.69) is 5.32 Å². The van der Waals surface area contributed by atoms with Gasteiger partial charge in [0.1, 0.15) is 12.6 Å². The molecule has 214 valence electrons. The molecule has 0 aromatic heterocycles. The van der Waals surface area contributed by atoms with Gasteiger partial charge < -0.3 is 10.2 Å². The molecule has 0 aliphatic carbocycles. The van der Waals surface area contributed by atoms with E-state index in [1.165, 1.54) is 9.21 Å². The number of amides is 2. The van der Waals surface area contributed by atoms with E-state index in [0.717, 1.165) is 40.7 Å². The molecule has 1 N–H and O–H groups in total. The molecule has 3 aromatic carbocycles. The number of hydrogen-bond acceptors (Lipinski definition) is 4. The minimum atomic E-state index is -4.10. The third-order valence-electron chi connectivity index (χ3n) is 6.95. The summed E-state index contributed by atoms with van der Waals surface area (Å²) in [4.78, 5) is 28.7. The summed E-state index contributed by atoms with van der Waals surface area (Å²) < 4.78 is 29.2. The summed E-state index contributed by atoms with van der Waals surface area (Å²) in [5, 5.41) is 2.91. The van der Waals surface area contributed by atoms with Crippen LogP contribution in [-0.4, -0.2) is 44.3 Å². The van der Waals surface area contributed by atoms with Crippen LogP contribution in [0, 0.1) is 27.7 Å². The number of anilines is 1. The topological polar surface area (TPSA) is 86.8 Å². The summed E-state index contributed by atoms with van der Waals surface area (Å²) in [6, 6.07) is 19.1. The van der Waals surface area contributed by atoms with Crippen LogP contribution in [0.1, 0.15) is 54.5 Å². The van der Waals surface area contributed by atoms with Gasteiger partial charge >= 0.3 is 0 Å². The van der Waals surface area contributed by atoms with E-state index < -0.39 is 28.5 Å². The highest BCUT2D eigenvalue weighted by Crippen LogP contribution is 2.28. The standard InChI is InChI=1S/C32H41N3O4S/c1-7-8-18-33-32(37)27(6)34(21-28-11-9-10-24(3)19-28)31(36)22-35(30-20-25(4)12-15-26(30)5)40(38,39)29-16-13-23(2)14-17-29/h9-17,19-20,27H,7-8,18,21-22H2,1-6H3,(H,33,37)/t27-/m1/s1. The number of rotatable bonds is 12. The van der Waals surface area contributed by atoms with Gasteiger partial charge in [-0.2, -0.15) is 0 Å². The monoisotopic (exact) mass is 563 g/mol. The van der Waals surface area contributed by atoms with Crippen LogP contribution >= 0.6 is 0 Å². The summed E-state index contributed by atoms with van der Waals surface area (Å²) in [5.41, 5.74) is 4.86. The van der Waals surface area contributed by atoms with Crippen molar-refractivity contribution in [1.29, 1.82) is 0 Å². The molecule has 0 aliphatic rings. The number of hydrogen-bond donors (Lipinski definition) is 1. The second-order valence-corrected chi connectivity index (χ2v) is 12.3. The van der Waals surface area contributed by atoms with E-state index >= 15 is 0 Å². The summed E-state index contributed by atoms with van der Waals surface area (Å²) in [5.74, 6) is -0.731. The number of nitrogens with zero attached hydrogens (tertiary/aromatic N) is 2. The Morgan fingerprint density at radius 1 is 0.875 bits per heavy atom. The van der Waals surface area contributed by atoms with Crippen molar-refractivity contribution in [3.8, 4) is 0 Å². The average Bonchev–Trinajstić information content (AvgIpc) is 2.91. The normalized spacial score (nSPS) is 12.1. The molecule has 0 aliphatic heterocycles. The van der Waals surface area contributed by atoms with Gasteiger partial charge in [-0.3, -0.25) is 13.9 Å². The molecule has 0 saturated carbocycles. The summed E-state index contributed by atoms with van der Waals surface area (Å²) in [7, 11) is -4.10. The molecule has 3 rings (SSSR count). The molecule has 0 spiro atoms. The van der Waals surface area contributed by atoms with Gasteiger partial charge in [-0.1, -0.05) is 73.0 Å². The van der Waals surface area contributed by atoms with Gasteiger partial charge in [0.05, 0.1) is 10.6 Å². The molecule has 8 heteroatoms. The number of aryl methyl sites for hydroxylation is 4. The molecule has 40 heavy (non-hydrogen) atoms. The first-order valence-electron chi connectivity index (χ1n) is 13.7. The minimum Gasteiger partial charge on any atom is -0.354 e. The highest BCUT2D eigenvalue weighted by atomic mass is 32.2. The quantitative estimate of drug-likeness (QED) is 0.297. The lowest BCUT2D eigenvalue weighted by Crippen LogP contribution is -2.51. The molecular weight excluding hydrogens is 522 g/mol. The van der Waals surface area contributed by atoms with E-state index in [0.29, 0.717) is 12.2 Å². The number of unbranched alkanes of at least 4 members (excludes halogenated alkanes) is 1. The zero-order chi connectivity index (χ0) is 29.4. The van der Waals surface area contributed by atoms with Crippen LogP contribution in [0.2, 0.25) is 0 Å². The van der Waals surface area contributed by atoms with Gasteiger partial charge in [-0.15, -0.1) is 0 Å². The molecule has 0 radical (unpaired) electrons. The molecule has 0 heterocycles. The second kappa shape index (κ2) is 13.6. The van der Waals surface area contributed by atoms with Crippen LogP contribution < -0.4 is 9.62 Å². The van der Waals surface area contributed by atoms with Crippen molar-refractivity contribution < 1.29 is 18.0 Å². The first-order chi connectivity index (χ1) is 18.9. The lowest BCUT2D eigenvalue weighted by atomic mass is 10.1. The van der Waals surface area contributed by atoms with Crippen molar-refractivity contribution in [3.05, 3.63) is 94.5 Å². The van der Waals surface area contributed by atoms with E-state index in [-0.39, 0.29) is 17.3 Å². The van der Waals surface area contributed by atoms with Crippen molar-refractivity contribution in [2.75, 3.05) is 17.4 Å². The average molecular weight is 564 g/mol. The fraction of sp³-hybridized carbons (Fsp3) is 0.375. The highest BCUT2D eigenvalue weighted by molar-refractivity contribution is 7.92. The third kappa shape index (κ3) is 7.72. The summed E-state index contributed by atoms with van der Waals surface area (Å²) in [6.07, 6.45) is 1.77. The van der Waals surface area contributed by atoms with E-state index in [1.54, 1.807) is 37.3 Å². The molecular formula is C32H41N3O4S. The van der Waals surface area contributed by atoms with Crippen molar-refractivity contribution in [3.63, 3.8) is 0 Å². The predicted octanol–water partition coefficient (Wildman–Crippen LogP) is 5.45. The lowest BCUT2D eigenvalue weighted by Gasteiger charge is -2.32. The Morgan fingerprint density at radius 3 is 2.17 bits per heavy atom. The summed E-state index contributed by atoms with van der Waals surface area (Å²) in [6.45, 7) is 11.5. The van der Waals surface area contributed by atoms with E-state index in [9.17, 15) is 18.0 Å². The van der Waals surface area contributed by atoms with E-state index in [4.69, 9.17) is 0 Å². The molecule has 1 atom stereocenters. The number of sulfonamides is 1. The number of carbonyl (C=O) groups is 2. The minimum absolute atomic E-state index is 0.0994. The molecule has 3 aromatic rings. The predicted molar refractivity (Wildman–Crippen MR) is 161 cm³/mol. The largest absolute Gasteiger partial charge is 0.354 e. The number of benzene rings is 3. The van der Waals surface area contributed by atoms with Gasteiger partial charge in [0.25, 0.3) is 10.0 Å². The maximum Gasteiger partial charge on any atom is 0.264 e. The smallest absolute Gasteiger partial charge is 0.264 e. The molecule has 2 amide bonds. The molecule has 0 unspecified atom stereocenters. The van der Waals surface area contributed by atoms with Crippen molar-refractivity contribution in [1.82, 2.24) is 10.2 Å². The van der Waals surface area contributed by atoms with Crippen LogP contribution in [0.15, 0.2) is 71.6 Å². The Hall–Kier alpha value is -3.65. The van der Waals surface area contributed by atoms with Gasteiger partial charge in [0.2, 0.25) is 11.8 Å². The highest BCUT2D eigenvalue weighted by Gasteiger charge is 2.33. The Labute approximate surface area is 239 Å². The maximum atomic E-state index is 14.1. The lowest BCUT2D eigenvalue weighted by molar-refractivity contribution is -0.139. The van der Waals surface area contributed by atoms with E-state index in [1.807, 2.05) is 71.0 Å². The molecule has 7 nitrogen and oxygen atoms in total. The van der Waals surface area contributed by atoms with Crippen molar-refractivity contribution in [2.45, 2.75) is 71.9 Å². The Bertz CT molecular complexity index is 1430. The fourth-order valence-corrected chi connectivity index (χ4v) is 5.94. The Morgan fingerprint density at radius 2 is 1.52 bits per heavy atom. The molecule has 0 fully saturated rings. The first-order valence-corrected chi connectivity index (χ1v) is 15.2. The fourth-order valence-electron chi connectivity index (χ4n) is 4.46. The van der Waals surface area contributed by atoms with Gasteiger partial charge in [0.15, 0.2) is 0 Å². The maximum absolute atomic E-state index is 14.1. The van der Waals surface area contributed by atoms with Crippen molar-refractivity contribution >= 4 is 27.5 Å². The Kier molecular flexibility index (Phi) is 10.5. The van der Waals surface area contributed by atoms with Crippen LogP contribution in [0.3, 0.4) is 0 Å². The van der Waals surface area contributed by atoms with Crippen LogP contribution in [0.5, 0.6) is 0 Å². The van der Waals surface area contributed by atoms with Crippen LogP contribution in [-0.2, 0) is 26.2 Å². The third-order valence-corrected chi connectivity index (χ3v) is 8.73. The first kappa shape index (κ1) is 30.9. The SMILES string of the molecule is CCCCNC(=O)[C@@H](C)N(Cc1cccc(C)c1)C(=O)CN(c1cc(C)ccc1C)S(=O)(=O)c1ccc(C)cc1. The zero-order valence-corrected chi connectivity index (χ0v) is 25.2. The molecule has 0 bridgehead atoms. The number of nitrogens with one attached hydrogen (secondary N) is 1. The van der Waals surface area contributed by atoms with Crippen LogP contribution in [0.25, 0.3) is 0 Å². The van der Waals surface area contributed by atoms with Gasteiger partial charge in [0, 0.05) is 13.1 Å². The zero-order valence-electron chi connectivity index (χ0n) is 24.4. The Balaban J connectivity index is 2.04. The number of carbonyl (C=O) groups excluding carboxylic acids is 2. The second-order valence-electron chi connectivity index (χ2n) is 10.4. The molecule has 0 saturated heterocycles. The van der Waals surface area contributed by atoms with Crippen molar-refractivity contribution in [2.24, 2.45) is 0 Å². The van der Waals surface area contributed by atoms with Gasteiger partial charge in [-0.05, 0) is 75.9 Å². The van der Waals surface area contributed by atoms with Crippen LogP contribution in [0.4, 0.5) is 5.69 Å².